The van der Waals surface area contributed by atoms with Crippen LogP contribution in [0.3, 0.4) is 0 Å². The largest absolute Gasteiger partial charge is 0.335 e. The molecule has 0 radical (unpaired) electrons. The first-order valence-electron chi connectivity index (χ1n) is 9.33. The molecule has 2 aromatic carbocycles. The molecule has 0 bridgehead atoms. The summed E-state index contributed by atoms with van der Waals surface area (Å²) in [5.74, 6) is -0.297. The van der Waals surface area contributed by atoms with Crippen molar-refractivity contribution in [1.29, 1.82) is 0 Å². The number of nitro benzene ring substituents is 1. The number of hydrogen-bond donors (Lipinski definition) is 0. The number of hydrogen-bond acceptors (Lipinski definition) is 5. The molecule has 154 valence electrons. The molecule has 29 heavy (non-hydrogen) atoms. The first-order valence-corrected chi connectivity index (χ1v) is 10.8. The molecule has 1 saturated heterocycles. The van der Waals surface area contributed by atoms with Gasteiger partial charge in [-0.1, -0.05) is 12.1 Å². The zero-order valence-electron chi connectivity index (χ0n) is 16.3. The fourth-order valence-corrected chi connectivity index (χ4v) is 4.87. The van der Waals surface area contributed by atoms with Crippen molar-refractivity contribution in [1.82, 2.24) is 9.21 Å². The Balaban J connectivity index is 1.77. The van der Waals surface area contributed by atoms with Crippen molar-refractivity contribution in [2.45, 2.75) is 30.7 Å². The third-order valence-corrected chi connectivity index (χ3v) is 7.18. The lowest BCUT2D eigenvalue weighted by Gasteiger charge is -2.25. The van der Waals surface area contributed by atoms with Gasteiger partial charge in [0.05, 0.1) is 15.9 Å². The second-order valence-electron chi connectivity index (χ2n) is 7.08. The summed E-state index contributed by atoms with van der Waals surface area (Å²) >= 11 is 0. The molecule has 1 heterocycles. The zero-order chi connectivity index (χ0) is 21.2. The number of non-ortho nitro benzene ring substituents is 1. The Labute approximate surface area is 169 Å². The molecule has 0 N–H and O–H groups in total. The third-order valence-electron chi connectivity index (χ3n) is 5.27. The molecule has 0 spiro atoms. The van der Waals surface area contributed by atoms with Crippen LogP contribution >= 0.6 is 0 Å². The first kappa shape index (κ1) is 20.9. The lowest BCUT2D eigenvalue weighted by molar-refractivity contribution is -0.384. The van der Waals surface area contributed by atoms with Crippen molar-refractivity contribution < 1.29 is 18.1 Å². The van der Waals surface area contributed by atoms with Crippen LogP contribution in [0.25, 0.3) is 0 Å². The predicted molar refractivity (Wildman–Crippen MR) is 108 cm³/mol. The van der Waals surface area contributed by atoms with E-state index in [0.717, 1.165) is 12.8 Å². The van der Waals surface area contributed by atoms with Crippen LogP contribution in [-0.4, -0.2) is 48.6 Å². The molecule has 1 aliphatic heterocycles. The molecule has 1 fully saturated rings. The molecular formula is C20H23N3O5S. The summed E-state index contributed by atoms with van der Waals surface area (Å²) in [6.45, 7) is 2.82. The van der Waals surface area contributed by atoms with Crippen molar-refractivity contribution in [2.24, 2.45) is 0 Å². The van der Waals surface area contributed by atoms with Crippen molar-refractivity contribution >= 4 is 21.6 Å². The van der Waals surface area contributed by atoms with E-state index in [-0.39, 0.29) is 16.5 Å². The maximum atomic E-state index is 12.8. The summed E-state index contributed by atoms with van der Waals surface area (Å²) < 4.78 is 26.7. The Morgan fingerprint density at radius 1 is 1.14 bits per heavy atom. The van der Waals surface area contributed by atoms with Crippen LogP contribution in [0.5, 0.6) is 0 Å². The van der Waals surface area contributed by atoms with Gasteiger partial charge in [-0.15, -0.1) is 0 Å². The number of carbonyl (C=O) groups excluding carboxylic acids is 1. The fourth-order valence-electron chi connectivity index (χ4n) is 3.35. The summed E-state index contributed by atoms with van der Waals surface area (Å²) in [7, 11) is -1.92. The monoisotopic (exact) mass is 417 g/mol. The number of sulfonamides is 1. The summed E-state index contributed by atoms with van der Waals surface area (Å²) in [4.78, 5) is 25.0. The van der Waals surface area contributed by atoms with Crippen molar-refractivity contribution in [3.05, 3.63) is 69.8 Å². The van der Waals surface area contributed by atoms with Gasteiger partial charge < -0.3 is 4.90 Å². The maximum absolute atomic E-state index is 12.8. The minimum Gasteiger partial charge on any atom is -0.335 e. The highest BCUT2D eigenvalue weighted by molar-refractivity contribution is 7.89. The molecule has 1 atom stereocenters. The maximum Gasteiger partial charge on any atom is 0.269 e. The van der Waals surface area contributed by atoms with Gasteiger partial charge in [0, 0.05) is 37.8 Å². The SMILES string of the molecule is C[C@@H](c1cccc([N+](=O)[O-])c1)N(C)C(=O)c1ccc(S(=O)(=O)N2CCCC2)cc1. The highest BCUT2D eigenvalue weighted by Crippen LogP contribution is 2.25. The van der Waals surface area contributed by atoms with Gasteiger partial charge in [0.25, 0.3) is 11.6 Å². The summed E-state index contributed by atoms with van der Waals surface area (Å²) in [6, 6.07) is 11.7. The van der Waals surface area contributed by atoms with E-state index in [4.69, 9.17) is 0 Å². The lowest BCUT2D eigenvalue weighted by Crippen LogP contribution is -2.30. The van der Waals surface area contributed by atoms with Gasteiger partial charge in [0.2, 0.25) is 10.0 Å². The van der Waals surface area contributed by atoms with Gasteiger partial charge in [0.1, 0.15) is 0 Å². The van der Waals surface area contributed by atoms with Crippen LogP contribution in [0.15, 0.2) is 53.4 Å². The lowest BCUT2D eigenvalue weighted by atomic mass is 10.1. The van der Waals surface area contributed by atoms with Crippen LogP contribution in [0.2, 0.25) is 0 Å². The minimum atomic E-state index is -3.53. The number of rotatable bonds is 6. The smallest absolute Gasteiger partial charge is 0.269 e. The van der Waals surface area contributed by atoms with Crippen LogP contribution in [0.4, 0.5) is 5.69 Å². The number of amides is 1. The standard InChI is InChI=1S/C20H23N3O5S/c1-15(17-6-5-7-18(14-17)23(25)26)21(2)20(24)16-8-10-19(11-9-16)29(27,28)22-12-3-4-13-22/h5-11,14-15H,3-4,12-13H2,1-2H3/t15-/m0/s1. The normalized spacial score (nSPS) is 15.8. The van der Waals surface area contributed by atoms with Gasteiger partial charge in [-0.25, -0.2) is 8.42 Å². The van der Waals surface area contributed by atoms with E-state index in [0.29, 0.717) is 24.2 Å². The second-order valence-corrected chi connectivity index (χ2v) is 9.02. The number of carbonyl (C=O) groups is 1. The van der Waals surface area contributed by atoms with Crippen molar-refractivity contribution in [3.63, 3.8) is 0 Å². The summed E-state index contributed by atoms with van der Waals surface area (Å²) in [5, 5.41) is 11.0. The molecule has 2 aromatic rings. The number of nitrogens with zero attached hydrogens (tertiary/aromatic N) is 3. The van der Waals surface area contributed by atoms with Crippen molar-refractivity contribution in [3.8, 4) is 0 Å². The van der Waals surface area contributed by atoms with E-state index in [9.17, 15) is 23.3 Å². The van der Waals surface area contributed by atoms with E-state index in [1.165, 1.54) is 45.6 Å². The number of benzene rings is 2. The van der Waals surface area contributed by atoms with Gasteiger partial charge in [-0.3, -0.25) is 14.9 Å². The molecule has 9 heteroatoms. The van der Waals surface area contributed by atoms with Crippen LogP contribution in [-0.2, 0) is 10.0 Å². The van der Waals surface area contributed by atoms with E-state index in [1.54, 1.807) is 26.1 Å². The average molecular weight is 417 g/mol. The molecule has 0 unspecified atom stereocenters. The molecule has 0 aliphatic carbocycles. The van der Waals surface area contributed by atoms with Gasteiger partial charge in [-0.2, -0.15) is 4.31 Å². The Morgan fingerprint density at radius 2 is 1.76 bits per heavy atom. The van der Waals surface area contributed by atoms with Crippen LogP contribution in [0, 0.1) is 10.1 Å². The molecule has 0 saturated carbocycles. The van der Waals surface area contributed by atoms with Crippen LogP contribution in [0.1, 0.15) is 41.7 Å². The molecule has 1 aliphatic rings. The van der Waals surface area contributed by atoms with Gasteiger partial charge >= 0.3 is 0 Å². The summed E-state index contributed by atoms with van der Waals surface area (Å²) in [6.07, 6.45) is 1.71. The van der Waals surface area contributed by atoms with E-state index in [1.807, 2.05) is 0 Å². The second kappa shape index (κ2) is 8.30. The third kappa shape index (κ3) is 4.30. The quantitative estimate of drug-likeness (QED) is 0.531. The van der Waals surface area contributed by atoms with E-state index < -0.39 is 21.0 Å². The van der Waals surface area contributed by atoms with E-state index in [2.05, 4.69) is 0 Å². The topological polar surface area (TPSA) is 101 Å². The van der Waals surface area contributed by atoms with Crippen molar-refractivity contribution in [2.75, 3.05) is 20.1 Å². The van der Waals surface area contributed by atoms with E-state index >= 15 is 0 Å². The first-order chi connectivity index (χ1) is 13.7. The zero-order valence-corrected chi connectivity index (χ0v) is 17.1. The Morgan fingerprint density at radius 3 is 2.34 bits per heavy atom. The molecule has 8 nitrogen and oxygen atoms in total. The van der Waals surface area contributed by atoms with Gasteiger partial charge in [-0.05, 0) is 49.6 Å². The fraction of sp³-hybridized carbons (Fsp3) is 0.350. The minimum absolute atomic E-state index is 0.0355. The average Bonchev–Trinajstić information content (AvgIpc) is 3.28. The number of nitro groups is 1. The molecule has 3 rings (SSSR count). The highest BCUT2D eigenvalue weighted by Gasteiger charge is 2.27. The molecule has 0 aromatic heterocycles. The van der Waals surface area contributed by atoms with Crippen LogP contribution < -0.4 is 0 Å². The summed E-state index contributed by atoms with van der Waals surface area (Å²) in [5.41, 5.74) is 0.958. The Bertz CT molecular complexity index is 1010. The predicted octanol–water partition coefficient (Wildman–Crippen LogP) is 3.21. The van der Waals surface area contributed by atoms with Gasteiger partial charge in [0.15, 0.2) is 0 Å². The Hall–Kier alpha value is -2.78. The molecule has 1 amide bonds. The Kier molecular flexibility index (Phi) is 5.99. The highest BCUT2D eigenvalue weighted by atomic mass is 32.2. The molecular weight excluding hydrogens is 394 g/mol.